The minimum atomic E-state index is -0.947. The highest BCUT2D eigenvalue weighted by molar-refractivity contribution is 5.79. The molecular formula is C12H15NO3. The molecule has 16 heavy (non-hydrogen) atoms. The summed E-state index contributed by atoms with van der Waals surface area (Å²) in [5, 5.41) is 11.2. The normalized spacial score (nSPS) is 10.3. The van der Waals surface area contributed by atoms with E-state index >= 15 is 0 Å². The van der Waals surface area contributed by atoms with Crippen LogP contribution in [0.2, 0.25) is 0 Å². The fraction of sp³-hybridized carbons (Fsp3) is 0.250. The van der Waals surface area contributed by atoms with Gasteiger partial charge in [-0.15, -0.1) is 0 Å². The molecule has 0 aliphatic rings. The molecule has 0 heterocycles. The van der Waals surface area contributed by atoms with Crippen molar-refractivity contribution in [2.45, 2.75) is 6.42 Å². The summed E-state index contributed by atoms with van der Waals surface area (Å²) in [4.78, 5) is 10.2. The molecule has 0 radical (unpaired) electrons. The van der Waals surface area contributed by atoms with Crippen LogP contribution in [0.3, 0.4) is 0 Å². The first-order chi connectivity index (χ1) is 7.72. The smallest absolute Gasteiger partial charge is 0.329 e. The fourth-order valence-corrected chi connectivity index (χ4v) is 1.22. The molecular weight excluding hydrogens is 206 g/mol. The molecule has 0 spiro atoms. The van der Waals surface area contributed by atoms with E-state index in [0.717, 1.165) is 18.2 Å². The highest BCUT2D eigenvalue weighted by atomic mass is 16.5. The second-order valence-corrected chi connectivity index (χ2v) is 3.22. The largest absolute Gasteiger partial charge is 0.497 e. The maximum atomic E-state index is 10.2. The van der Waals surface area contributed by atoms with E-state index in [-0.39, 0.29) is 0 Å². The number of methoxy groups -OCH3 is 1. The molecule has 1 rings (SSSR count). The van der Waals surface area contributed by atoms with Crippen LogP contribution >= 0.6 is 0 Å². The number of carboxylic acid groups (broad SMARTS) is 1. The number of carbonyl (C=O) groups is 1. The molecule has 4 heteroatoms. The first kappa shape index (κ1) is 12.1. The Hall–Kier alpha value is -1.97. The van der Waals surface area contributed by atoms with E-state index in [9.17, 15) is 4.79 Å². The van der Waals surface area contributed by atoms with Gasteiger partial charge in [0.15, 0.2) is 0 Å². The molecule has 0 aliphatic carbocycles. The van der Waals surface area contributed by atoms with Crippen molar-refractivity contribution in [3.63, 3.8) is 0 Å². The Kier molecular flexibility index (Phi) is 4.92. The van der Waals surface area contributed by atoms with Gasteiger partial charge in [-0.25, -0.2) is 4.79 Å². The summed E-state index contributed by atoms with van der Waals surface area (Å²) in [6, 6.07) is 7.79. The standard InChI is InChI=1S/C12H15NO3/c1-16-11-4-2-10(3-5-11)6-8-13-9-7-12(14)15/h2-5,7,9,13H,6,8H2,1H3,(H,14,15)/b9-7+. The lowest BCUT2D eigenvalue weighted by Crippen LogP contribution is -2.10. The van der Waals surface area contributed by atoms with E-state index in [2.05, 4.69) is 5.32 Å². The summed E-state index contributed by atoms with van der Waals surface area (Å²) in [7, 11) is 1.63. The lowest BCUT2D eigenvalue weighted by molar-refractivity contribution is -0.131. The Labute approximate surface area is 94.6 Å². The SMILES string of the molecule is COc1ccc(CCN/C=C/C(=O)O)cc1. The van der Waals surface area contributed by atoms with Gasteiger partial charge in [-0.1, -0.05) is 12.1 Å². The van der Waals surface area contributed by atoms with Gasteiger partial charge in [-0.05, 0) is 24.1 Å². The van der Waals surface area contributed by atoms with Crippen molar-refractivity contribution in [3.05, 3.63) is 42.1 Å². The Bertz CT molecular complexity index is 357. The van der Waals surface area contributed by atoms with E-state index in [0.29, 0.717) is 6.54 Å². The van der Waals surface area contributed by atoms with Crippen LogP contribution in [0.4, 0.5) is 0 Å². The van der Waals surface area contributed by atoms with Crippen LogP contribution < -0.4 is 10.1 Å². The first-order valence-corrected chi connectivity index (χ1v) is 4.98. The molecule has 0 aromatic heterocycles. The van der Waals surface area contributed by atoms with E-state index in [1.807, 2.05) is 24.3 Å². The minimum Gasteiger partial charge on any atom is -0.497 e. The monoisotopic (exact) mass is 221 g/mol. The van der Waals surface area contributed by atoms with Gasteiger partial charge in [-0.3, -0.25) is 0 Å². The van der Waals surface area contributed by atoms with E-state index in [1.165, 1.54) is 11.8 Å². The summed E-state index contributed by atoms with van der Waals surface area (Å²) < 4.78 is 5.05. The number of nitrogens with one attached hydrogen (secondary N) is 1. The van der Waals surface area contributed by atoms with E-state index in [1.54, 1.807) is 7.11 Å². The zero-order valence-electron chi connectivity index (χ0n) is 9.14. The molecule has 0 bridgehead atoms. The number of aliphatic carboxylic acids is 1. The summed E-state index contributed by atoms with van der Waals surface area (Å²) in [6.07, 6.45) is 3.35. The average molecular weight is 221 g/mol. The van der Waals surface area contributed by atoms with Crippen molar-refractivity contribution in [2.75, 3.05) is 13.7 Å². The van der Waals surface area contributed by atoms with Gasteiger partial charge < -0.3 is 15.2 Å². The number of hydrogen-bond acceptors (Lipinski definition) is 3. The number of benzene rings is 1. The zero-order valence-corrected chi connectivity index (χ0v) is 9.14. The summed E-state index contributed by atoms with van der Waals surface area (Å²) in [6.45, 7) is 0.704. The van der Waals surface area contributed by atoms with Crippen LogP contribution in [-0.4, -0.2) is 24.7 Å². The Balaban J connectivity index is 2.29. The predicted molar refractivity (Wildman–Crippen MR) is 61.5 cm³/mol. The van der Waals surface area contributed by atoms with Gasteiger partial charge in [0.1, 0.15) is 5.75 Å². The number of hydrogen-bond donors (Lipinski definition) is 2. The highest BCUT2D eigenvalue weighted by Crippen LogP contribution is 2.11. The average Bonchev–Trinajstić information content (AvgIpc) is 2.29. The van der Waals surface area contributed by atoms with Crippen molar-refractivity contribution in [1.29, 1.82) is 0 Å². The van der Waals surface area contributed by atoms with Gasteiger partial charge in [0.2, 0.25) is 0 Å². The molecule has 0 amide bonds. The zero-order chi connectivity index (χ0) is 11.8. The fourth-order valence-electron chi connectivity index (χ4n) is 1.22. The molecule has 0 saturated heterocycles. The summed E-state index contributed by atoms with van der Waals surface area (Å²) in [5.41, 5.74) is 1.18. The van der Waals surface area contributed by atoms with Gasteiger partial charge >= 0.3 is 5.97 Å². The van der Waals surface area contributed by atoms with Crippen LogP contribution in [0, 0.1) is 0 Å². The molecule has 86 valence electrons. The molecule has 0 fully saturated rings. The third-order valence-electron chi connectivity index (χ3n) is 2.06. The van der Waals surface area contributed by atoms with E-state index < -0.39 is 5.97 Å². The molecule has 2 N–H and O–H groups in total. The van der Waals surface area contributed by atoms with Crippen molar-refractivity contribution in [1.82, 2.24) is 5.32 Å². The van der Waals surface area contributed by atoms with Crippen LogP contribution in [0.5, 0.6) is 5.75 Å². The van der Waals surface area contributed by atoms with Crippen molar-refractivity contribution >= 4 is 5.97 Å². The van der Waals surface area contributed by atoms with Gasteiger partial charge in [0, 0.05) is 18.8 Å². The maximum Gasteiger partial charge on any atom is 0.329 e. The molecule has 1 aromatic rings. The Morgan fingerprint density at radius 3 is 2.69 bits per heavy atom. The third-order valence-corrected chi connectivity index (χ3v) is 2.06. The maximum absolute atomic E-state index is 10.2. The Morgan fingerprint density at radius 1 is 1.44 bits per heavy atom. The van der Waals surface area contributed by atoms with E-state index in [4.69, 9.17) is 9.84 Å². The van der Waals surface area contributed by atoms with Crippen molar-refractivity contribution in [3.8, 4) is 5.75 Å². The first-order valence-electron chi connectivity index (χ1n) is 4.98. The highest BCUT2D eigenvalue weighted by Gasteiger charge is 1.93. The van der Waals surface area contributed by atoms with Crippen molar-refractivity contribution < 1.29 is 14.6 Å². The second kappa shape index (κ2) is 6.50. The number of carboxylic acids is 1. The molecule has 0 aliphatic heterocycles. The molecule has 0 saturated carbocycles. The van der Waals surface area contributed by atoms with Crippen molar-refractivity contribution in [2.24, 2.45) is 0 Å². The van der Waals surface area contributed by atoms with Crippen LogP contribution in [-0.2, 0) is 11.2 Å². The summed E-state index contributed by atoms with van der Waals surface area (Å²) in [5.74, 6) is -0.112. The third kappa shape index (κ3) is 4.50. The topological polar surface area (TPSA) is 58.6 Å². The molecule has 4 nitrogen and oxygen atoms in total. The van der Waals surface area contributed by atoms with Gasteiger partial charge in [0.05, 0.1) is 7.11 Å². The summed E-state index contributed by atoms with van der Waals surface area (Å²) >= 11 is 0. The molecule has 0 atom stereocenters. The predicted octanol–water partition coefficient (Wildman–Crippen LogP) is 1.43. The molecule has 0 unspecified atom stereocenters. The lowest BCUT2D eigenvalue weighted by atomic mass is 10.1. The van der Waals surface area contributed by atoms with Crippen LogP contribution in [0.1, 0.15) is 5.56 Å². The van der Waals surface area contributed by atoms with Gasteiger partial charge in [-0.2, -0.15) is 0 Å². The number of rotatable bonds is 6. The quantitative estimate of drug-likeness (QED) is 0.563. The molecule has 1 aromatic carbocycles. The van der Waals surface area contributed by atoms with Gasteiger partial charge in [0.25, 0.3) is 0 Å². The minimum absolute atomic E-state index is 0.704. The second-order valence-electron chi connectivity index (χ2n) is 3.22. The lowest BCUT2D eigenvalue weighted by Gasteiger charge is -2.03. The van der Waals surface area contributed by atoms with Crippen LogP contribution in [0.25, 0.3) is 0 Å². The Morgan fingerprint density at radius 2 is 2.12 bits per heavy atom. The number of ether oxygens (including phenoxy) is 1. The van der Waals surface area contributed by atoms with Crippen LogP contribution in [0.15, 0.2) is 36.5 Å².